The highest BCUT2D eigenvalue weighted by atomic mass is 16.3. The van der Waals surface area contributed by atoms with Crippen molar-refractivity contribution in [1.82, 2.24) is 5.32 Å². The third-order valence-corrected chi connectivity index (χ3v) is 0.871. The van der Waals surface area contributed by atoms with Gasteiger partial charge in [-0.3, -0.25) is 0 Å². The zero-order chi connectivity index (χ0) is 7.28. The minimum Gasteiger partial charge on any atom is -0.377 e. The Labute approximate surface area is 55.6 Å². The van der Waals surface area contributed by atoms with Crippen molar-refractivity contribution >= 4 is 0 Å². The Hall–Kier alpha value is -0.540. The Morgan fingerprint density at radius 2 is 2.44 bits per heavy atom. The predicted octanol–water partition coefficient (Wildman–Crippen LogP) is -0.223. The van der Waals surface area contributed by atoms with Gasteiger partial charge in [-0.15, -0.1) is 0 Å². The van der Waals surface area contributed by atoms with Gasteiger partial charge in [0.25, 0.3) is 0 Å². The minimum atomic E-state index is -0.0327. The highest BCUT2D eigenvalue weighted by molar-refractivity contribution is 4.98. The van der Waals surface area contributed by atoms with Crippen LogP contribution in [0.3, 0.4) is 0 Å². The molecule has 0 rings (SSSR count). The Bertz CT molecular complexity index is 99.2. The second-order valence-corrected chi connectivity index (χ2v) is 2.04. The second-order valence-electron chi connectivity index (χ2n) is 2.04. The summed E-state index contributed by atoms with van der Waals surface area (Å²) in [7, 11) is 0. The number of hydrogen-bond acceptors (Lipinski definition) is 3. The number of allylic oxidation sites excluding steroid dienone is 1. The summed E-state index contributed by atoms with van der Waals surface area (Å²) >= 11 is 0. The van der Waals surface area contributed by atoms with Crippen molar-refractivity contribution in [3.05, 3.63) is 11.8 Å². The fourth-order valence-corrected chi connectivity index (χ4v) is 0.578. The molecule has 0 aromatic rings. The van der Waals surface area contributed by atoms with E-state index in [1.807, 2.05) is 19.9 Å². The predicted molar refractivity (Wildman–Crippen MR) is 37.6 cm³/mol. The summed E-state index contributed by atoms with van der Waals surface area (Å²) in [4.78, 5) is 0. The Morgan fingerprint density at radius 1 is 1.89 bits per heavy atom. The van der Waals surface area contributed by atoms with Gasteiger partial charge in [-0.25, -0.2) is 0 Å². The van der Waals surface area contributed by atoms with Crippen LogP contribution in [0.5, 0.6) is 0 Å². The lowest BCUT2D eigenvalue weighted by Gasteiger charge is -2.02. The van der Waals surface area contributed by atoms with Crippen molar-refractivity contribution in [1.29, 1.82) is 0 Å². The van der Waals surface area contributed by atoms with Crippen molar-refractivity contribution in [2.75, 3.05) is 6.73 Å². The zero-order valence-electron chi connectivity index (χ0n) is 5.89. The van der Waals surface area contributed by atoms with Crippen molar-refractivity contribution in [2.45, 2.75) is 19.9 Å². The summed E-state index contributed by atoms with van der Waals surface area (Å²) in [5, 5.41) is 11.1. The summed E-state index contributed by atoms with van der Waals surface area (Å²) in [5.41, 5.74) is 6.34. The first kappa shape index (κ1) is 8.46. The van der Waals surface area contributed by atoms with E-state index in [1.54, 1.807) is 0 Å². The first-order valence-electron chi connectivity index (χ1n) is 2.95. The van der Waals surface area contributed by atoms with Crippen LogP contribution in [-0.4, -0.2) is 17.9 Å². The van der Waals surface area contributed by atoms with Crippen LogP contribution >= 0.6 is 0 Å². The molecule has 4 N–H and O–H groups in total. The van der Waals surface area contributed by atoms with Crippen LogP contribution in [0, 0.1) is 0 Å². The van der Waals surface area contributed by atoms with Crippen LogP contribution in [0.15, 0.2) is 11.8 Å². The van der Waals surface area contributed by atoms with Gasteiger partial charge in [0.1, 0.15) is 6.73 Å². The highest BCUT2D eigenvalue weighted by Gasteiger charge is 1.87. The summed E-state index contributed by atoms with van der Waals surface area (Å²) in [6.07, 6.45) is 1.84. The molecule has 3 heteroatoms. The number of hydrogen-bond donors (Lipinski definition) is 3. The molecule has 0 saturated heterocycles. The van der Waals surface area contributed by atoms with E-state index in [1.165, 1.54) is 0 Å². The normalized spacial score (nSPS) is 15.3. The third-order valence-electron chi connectivity index (χ3n) is 0.871. The molecule has 0 bridgehead atoms. The molecule has 1 unspecified atom stereocenters. The Balaban J connectivity index is 3.55. The summed E-state index contributed by atoms with van der Waals surface area (Å²) in [6, 6.07) is 0.0454. The average molecular weight is 130 g/mol. The first-order valence-corrected chi connectivity index (χ1v) is 2.95. The largest absolute Gasteiger partial charge is 0.377 e. The molecular formula is C6H14N2O. The van der Waals surface area contributed by atoms with E-state index in [2.05, 4.69) is 5.32 Å². The molecule has 0 aliphatic heterocycles. The van der Waals surface area contributed by atoms with E-state index in [-0.39, 0.29) is 12.8 Å². The maximum atomic E-state index is 8.36. The van der Waals surface area contributed by atoms with E-state index in [9.17, 15) is 0 Å². The molecular weight excluding hydrogens is 116 g/mol. The van der Waals surface area contributed by atoms with Gasteiger partial charge in [0.15, 0.2) is 0 Å². The number of aliphatic hydroxyl groups excluding tert-OH is 1. The number of nitrogens with two attached hydrogens (primary N) is 1. The van der Waals surface area contributed by atoms with E-state index < -0.39 is 0 Å². The second kappa shape index (κ2) is 4.35. The van der Waals surface area contributed by atoms with Gasteiger partial charge >= 0.3 is 0 Å². The number of rotatable bonds is 3. The van der Waals surface area contributed by atoms with Gasteiger partial charge in [-0.2, -0.15) is 0 Å². The summed E-state index contributed by atoms with van der Waals surface area (Å²) in [6.45, 7) is 3.71. The molecule has 0 fully saturated rings. The molecule has 0 aromatic heterocycles. The first-order chi connectivity index (χ1) is 4.16. The van der Waals surface area contributed by atoms with Gasteiger partial charge in [-0.05, 0) is 19.9 Å². The monoisotopic (exact) mass is 130 g/mol. The molecule has 0 saturated carbocycles. The highest BCUT2D eigenvalue weighted by Crippen LogP contribution is 1.86. The van der Waals surface area contributed by atoms with Crippen molar-refractivity contribution in [2.24, 2.45) is 5.73 Å². The average Bonchev–Trinajstić information content (AvgIpc) is 1.63. The summed E-state index contributed by atoms with van der Waals surface area (Å²) < 4.78 is 0. The van der Waals surface area contributed by atoms with E-state index >= 15 is 0 Å². The van der Waals surface area contributed by atoms with Gasteiger partial charge in [0.2, 0.25) is 0 Å². The van der Waals surface area contributed by atoms with Crippen molar-refractivity contribution in [3.63, 3.8) is 0 Å². The molecule has 1 atom stereocenters. The molecule has 54 valence electrons. The number of aliphatic hydroxyl groups is 1. The molecule has 0 radical (unpaired) electrons. The van der Waals surface area contributed by atoms with Crippen LogP contribution in [0.25, 0.3) is 0 Å². The lowest BCUT2D eigenvalue weighted by molar-refractivity contribution is 0.274. The van der Waals surface area contributed by atoms with Crippen LogP contribution in [0.2, 0.25) is 0 Å². The van der Waals surface area contributed by atoms with Crippen molar-refractivity contribution < 1.29 is 5.11 Å². The standard InChI is InChI=1S/C6H14N2O/c1-5(7)3-6(2)8-4-9/h3,5,8-9H,4,7H2,1-2H3/b6-3-. The third kappa shape index (κ3) is 5.33. The lowest BCUT2D eigenvalue weighted by Crippen LogP contribution is -2.17. The molecule has 0 spiro atoms. The molecule has 0 amide bonds. The molecule has 0 aromatic carbocycles. The van der Waals surface area contributed by atoms with Gasteiger partial charge in [0.05, 0.1) is 0 Å². The topological polar surface area (TPSA) is 58.3 Å². The van der Waals surface area contributed by atoms with E-state index in [0.29, 0.717) is 0 Å². The van der Waals surface area contributed by atoms with Crippen LogP contribution in [0.4, 0.5) is 0 Å². The zero-order valence-corrected chi connectivity index (χ0v) is 5.89. The molecule has 0 aliphatic carbocycles. The van der Waals surface area contributed by atoms with E-state index in [0.717, 1.165) is 5.70 Å². The minimum absolute atomic E-state index is 0.0327. The van der Waals surface area contributed by atoms with Gasteiger partial charge < -0.3 is 16.2 Å². The van der Waals surface area contributed by atoms with Gasteiger partial charge in [0, 0.05) is 11.7 Å². The van der Waals surface area contributed by atoms with Crippen molar-refractivity contribution in [3.8, 4) is 0 Å². The summed E-state index contributed by atoms with van der Waals surface area (Å²) in [5.74, 6) is 0. The lowest BCUT2D eigenvalue weighted by atomic mass is 10.3. The Morgan fingerprint density at radius 3 is 2.78 bits per heavy atom. The molecule has 9 heavy (non-hydrogen) atoms. The maximum absolute atomic E-state index is 8.36. The Kier molecular flexibility index (Phi) is 4.09. The fourth-order valence-electron chi connectivity index (χ4n) is 0.578. The number of nitrogens with one attached hydrogen (secondary N) is 1. The van der Waals surface area contributed by atoms with Crippen LogP contribution in [-0.2, 0) is 0 Å². The molecule has 0 heterocycles. The molecule has 3 nitrogen and oxygen atoms in total. The fraction of sp³-hybridized carbons (Fsp3) is 0.667. The van der Waals surface area contributed by atoms with E-state index in [4.69, 9.17) is 10.8 Å². The van der Waals surface area contributed by atoms with Crippen LogP contribution in [0.1, 0.15) is 13.8 Å². The quantitative estimate of drug-likeness (QED) is 0.463. The van der Waals surface area contributed by atoms with Gasteiger partial charge in [-0.1, -0.05) is 0 Å². The maximum Gasteiger partial charge on any atom is 0.113 e. The van der Waals surface area contributed by atoms with Crippen LogP contribution < -0.4 is 11.1 Å². The molecule has 0 aliphatic rings. The SMILES string of the molecule is C/C(=C/C(C)N)NCO. The smallest absolute Gasteiger partial charge is 0.113 e.